The summed E-state index contributed by atoms with van der Waals surface area (Å²) in [5.74, 6) is -0.0421. The maximum atomic E-state index is 11.8. The summed E-state index contributed by atoms with van der Waals surface area (Å²) in [6, 6.07) is 3.94. The Bertz CT molecular complexity index is 625. The summed E-state index contributed by atoms with van der Waals surface area (Å²) in [5.41, 5.74) is 0.180. The van der Waals surface area contributed by atoms with Gasteiger partial charge < -0.3 is 10.1 Å². The number of benzene rings is 1. The first-order valence-electron chi connectivity index (χ1n) is 4.49. The zero-order chi connectivity index (χ0) is 12.5. The molecule has 90 valence electrons. The number of anilines is 1. The third-order valence-corrected chi connectivity index (χ3v) is 3.56. The first-order chi connectivity index (χ1) is 7.99. The van der Waals surface area contributed by atoms with Crippen LogP contribution in [-0.4, -0.2) is 23.5 Å². The number of phenolic OH excluding ortho intramolecular Hbond substituents is 1. The highest BCUT2D eigenvalue weighted by Crippen LogP contribution is 2.27. The number of nitrogens with one attached hydrogen (secondary N) is 2. The highest BCUT2D eigenvalue weighted by atomic mass is 35.5. The van der Waals surface area contributed by atoms with E-state index in [2.05, 4.69) is 14.7 Å². The topological polar surface area (TPSA) is 95.1 Å². The normalized spacial score (nSPS) is 11.4. The van der Waals surface area contributed by atoms with Crippen LogP contribution < -0.4 is 4.72 Å². The van der Waals surface area contributed by atoms with Gasteiger partial charge in [-0.25, -0.2) is 4.98 Å². The lowest BCUT2D eigenvalue weighted by atomic mass is 10.3. The van der Waals surface area contributed by atoms with Gasteiger partial charge in [0.05, 0.1) is 23.2 Å². The van der Waals surface area contributed by atoms with Crippen LogP contribution in [0.2, 0.25) is 5.02 Å². The molecule has 0 aliphatic heterocycles. The van der Waals surface area contributed by atoms with Gasteiger partial charge >= 0.3 is 0 Å². The SMILES string of the molecule is O=S(=O)(Nc1ccc(O)cc1Cl)c1cnc[nH]1. The van der Waals surface area contributed by atoms with E-state index in [0.717, 1.165) is 0 Å². The molecule has 2 aromatic rings. The van der Waals surface area contributed by atoms with Crippen LogP contribution in [0.25, 0.3) is 0 Å². The fraction of sp³-hybridized carbons (Fsp3) is 0. The predicted octanol–water partition coefficient (Wildman–Crippen LogP) is 1.57. The average molecular weight is 274 g/mol. The number of rotatable bonds is 3. The van der Waals surface area contributed by atoms with Crippen molar-refractivity contribution in [1.82, 2.24) is 9.97 Å². The third-order valence-electron chi connectivity index (χ3n) is 1.96. The number of halogens is 1. The maximum Gasteiger partial charge on any atom is 0.279 e. The monoisotopic (exact) mass is 273 g/mol. The number of hydrogen-bond donors (Lipinski definition) is 3. The van der Waals surface area contributed by atoms with E-state index in [1.54, 1.807) is 0 Å². The van der Waals surface area contributed by atoms with Crippen LogP contribution in [0, 0.1) is 0 Å². The Labute approximate surface area is 102 Å². The fourth-order valence-electron chi connectivity index (χ4n) is 1.18. The average Bonchev–Trinajstić information content (AvgIpc) is 2.76. The molecule has 0 saturated carbocycles. The lowest BCUT2D eigenvalue weighted by Gasteiger charge is -2.07. The van der Waals surface area contributed by atoms with Crippen molar-refractivity contribution < 1.29 is 13.5 Å². The summed E-state index contributed by atoms with van der Waals surface area (Å²) in [7, 11) is -3.74. The highest BCUT2D eigenvalue weighted by Gasteiger charge is 2.16. The Kier molecular flexibility index (Phi) is 2.95. The van der Waals surface area contributed by atoms with Crippen molar-refractivity contribution in [3.8, 4) is 5.75 Å². The Balaban J connectivity index is 2.33. The van der Waals surface area contributed by atoms with Gasteiger partial charge in [0.15, 0.2) is 5.03 Å². The molecule has 1 aromatic carbocycles. The summed E-state index contributed by atoms with van der Waals surface area (Å²) in [4.78, 5) is 6.09. The van der Waals surface area contributed by atoms with Crippen molar-refractivity contribution in [2.45, 2.75) is 5.03 Å². The van der Waals surface area contributed by atoms with Crippen LogP contribution in [0.4, 0.5) is 5.69 Å². The Morgan fingerprint density at radius 3 is 2.76 bits per heavy atom. The van der Waals surface area contributed by atoms with Gasteiger partial charge in [-0.15, -0.1) is 0 Å². The van der Waals surface area contributed by atoms with Gasteiger partial charge in [-0.3, -0.25) is 4.72 Å². The largest absolute Gasteiger partial charge is 0.508 e. The zero-order valence-corrected chi connectivity index (χ0v) is 9.96. The lowest BCUT2D eigenvalue weighted by molar-refractivity contribution is 0.475. The molecular weight excluding hydrogens is 266 g/mol. The first kappa shape index (κ1) is 11.7. The van der Waals surface area contributed by atoms with Crippen LogP contribution in [0.15, 0.2) is 35.7 Å². The second kappa shape index (κ2) is 4.27. The second-order valence-electron chi connectivity index (χ2n) is 3.19. The molecule has 0 aliphatic carbocycles. The van der Waals surface area contributed by atoms with Crippen LogP contribution in [0.1, 0.15) is 0 Å². The van der Waals surface area contributed by atoms with Gasteiger partial charge in [0.25, 0.3) is 10.0 Å². The van der Waals surface area contributed by atoms with E-state index in [4.69, 9.17) is 16.7 Å². The minimum Gasteiger partial charge on any atom is -0.508 e. The predicted molar refractivity (Wildman–Crippen MR) is 62.5 cm³/mol. The molecule has 1 heterocycles. The summed E-state index contributed by atoms with van der Waals surface area (Å²) < 4.78 is 25.9. The van der Waals surface area contributed by atoms with Crippen LogP contribution in [0.5, 0.6) is 5.75 Å². The van der Waals surface area contributed by atoms with Crippen LogP contribution in [-0.2, 0) is 10.0 Å². The number of imidazole rings is 1. The molecule has 0 unspecified atom stereocenters. The summed E-state index contributed by atoms with van der Waals surface area (Å²) in [6.45, 7) is 0. The van der Waals surface area contributed by atoms with E-state index in [1.165, 1.54) is 30.7 Å². The molecule has 0 atom stereocenters. The number of sulfonamides is 1. The molecule has 0 spiro atoms. The van der Waals surface area contributed by atoms with Crippen LogP contribution >= 0.6 is 11.6 Å². The summed E-state index contributed by atoms with van der Waals surface area (Å²) in [6.07, 6.45) is 2.43. The Morgan fingerprint density at radius 2 is 2.18 bits per heavy atom. The van der Waals surface area contributed by atoms with Crippen LogP contribution in [0.3, 0.4) is 0 Å². The van der Waals surface area contributed by atoms with E-state index in [1.807, 2.05) is 0 Å². The minimum absolute atomic E-state index is 0.0421. The van der Waals surface area contributed by atoms with Gasteiger partial charge in [-0.05, 0) is 12.1 Å². The Morgan fingerprint density at radius 1 is 1.41 bits per heavy atom. The summed E-state index contributed by atoms with van der Waals surface area (Å²) in [5, 5.41) is 9.18. The molecule has 2 rings (SSSR count). The van der Waals surface area contributed by atoms with Gasteiger partial charge in [-0.1, -0.05) is 11.6 Å². The quantitative estimate of drug-likeness (QED) is 0.740. The number of phenols is 1. The fourth-order valence-corrected chi connectivity index (χ4v) is 2.44. The van der Waals surface area contributed by atoms with Crippen molar-refractivity contribution in [3.05, 3.63) is 35.7 Å². The molecule has 0 fully saturated rings. The molecule has 8 heteroatoms. The molecule has 17 heavy (non-hydrogen) atoms. The van der Waals surface area contributed by atoms with Gasteiger partial charge in [0.1, 0.15) is 5.75 Å². The Hall–Kier alpha value is -1.73. The summed E-state index contributed by atoms with van der Waals surface area (Å²) >= 11 is 5.78. The highest BCUT2D eigenvalue weighted by molar-refractivity contribution is 7.92. The molecular formula is C9H8ClN3O3S. The third kappa shape index (κ3) is 2.51. The number of aromatic hydroxyl groups is 1. The molecule has 0 amide bonds. The van der Waals surface area contributed by atoms with E-state index >= 15 is 0 Å². The molecule has 0 bridgehead atoms. The molecule has 0 aliphatic rings. The molecule has 0 radical (unpaired) electrons. The number of aromatic nitrogens is 2. The number of nitrogens with zero attached hydrogens (tertiary/aromatic N) is 1. The van der Waals surface area contributed by atoms with Crippen molar-refractivity contribution in [2.24, 2.45) is 0 Å². The number of aromatic amines is 1. The van der Waals surface area contributed by atoms with E-state index in [0.29, 0.717) is 0 Å². The molecule has 0 saturated heterocycles. The molecule has 3 N–H and O–H groups in total. The maximum absolute atomic E-state index is 11.8. The van der Waals surface area contributed by atoms with E-state index in [-0.39, 0.29) is 21.5 Å². The second-order valence-corrected chi connectivity index (χ2v) is 5.24. The zero-order valence-electron chi connectivity index (χ0n) is 8.38. The van der Waals surface area contributed by atoms with Crippen molar-refractivity contribution in [3.63, 3.8) is 0 Å². The number of hydrogen-bond acceptors (Lipinski definition) is 4. The van der Waals surface area contributed by atoms with Crippen molar-refractivity contribution in [2.75, 3.05) is 4.72 Å². The van der Waals surface area contributed by atoms with Crippen molar-refractivity contribution in [1.29, 1.82) is 0 Å². The van der Waals surface area contributed by atoms with Gasteiger partial charge in [0, 0.05) is 6.07 Å². The van der Waals surface area contributed by atoms with Gasteiger partial charge in [0.2, 0.25) is 0 Å². The minimum atomic E-state index is -3.74. The molecule has 6 nitrogen and oxygen atoms in total. The molecule has 1 aromatic heterocycles. The van der Waals surface area contributed by atoms with E-state index in [9.17, 15) is 8.42 Å². The standard InChI is InChI=1S/C9H8ClN3O3S/c10-7-3-6(14)1-2-8(7)13-17(15,16)9-4-11-5-12-9/h1-5,13-14H,(H,11,12). The number of H-pyrrole nitrogens is 1. The smallest absolute Gasteiger partial charge is 0.279 e. The lowest BCUT2D eigenvalue weighted by Crippen LogP contribution is -2.13. The van der Waals surface area contributed by atoms with Crippen molar-refractivity contribution >= 4 is 27.3 Å². The van der Waals surface area contributed by atoms with Gasteiger partial charge in [-0.2, -0.15) is 8.42 Å². The first-order valence-corrected chi connectivity index (χ1v) is 6.35. The van der Waals surface area contributed by atoms with E-state index < -0.39 is 10.0 Å².